The second-order valence-corrected chi connectivity index (χ2v) is 7.33. The van der Waals surface area contributed by atoms with Gasteiger partial charge in [-0.05, 0) is 59.7 Å². The van der Waals surface area contributed by atoms with Gasteiger partial charge in [-0.3, -0.25) is 4.79 Å². The van der Waals surface area contributed by atoms with E-state index in [9.17, 15) is 4.79 Å². The van der Waals surface area contributed by atoms with Crippen molar-refractivity contribution in [3.63, 3.8) is 0 Å². The third-order valence-electron chi connectivity index (χ3n) is 5.58. The summed E-state index contributed by atoms with van der Waals surface area (Å²) in [5, 5.41) is 1.28. The lowest BCUT2D eigenvalue weighted by molar-refractivity contribution is 0.173. The van der Waals surface area contributed by atoms with Gasteiger partial charge in [-0.2, -0.15) is 0 Å². The fourth-order valence-electron chi connectivity index (χ4n) is 4.05. The lowest BCUT2D eigenvalue weighted by Gasteiger charge is -2.04. The molecule has 6 heteroatoms. The Balaban J connectivity index is 1.57. The summed E-state index contributed by atoms with van der Waals surface area (Å²) in [6, 6.07) is 15.3. The van der Waals surface area contributed by atoms with Crippen LogP contribution >= 0.6 is 0 Å². The number of nitrogens with zero attached hydrogens (tertiary/aromatic N) is 1. The quantitative estimate of drug-likeness (QED) is 0.517. The SMILES string of the molecule is Cn1c2ccc1/c(=C/c1ccc3c(c1)OCO3)c(=O)/c2=C\c1ccc2c(c1)OCO2. The summed E-state index contributed by atoms with van der Waals surface area (Å²) in [6.45, 7) is 0.440. The van der Waals surface area contributed by atoms with Gasteiger partial charge in [-0.25, -0.2) is 0 Å². The van der Waals surface area contributed by atoms with Crippen molar-refractivity contribution in [1.29, 1.82) is 0 Å². The van der Waals surface area contributed by atoms with Crippen molar-refractivity contribution >= 4 is 23.2 Å². The molecule has 0 aliphatic carbocycles. The van der Waals surface area contributed by atoms with Gasteiger partial charge in [0.2, 0.25) is 13.6 Å². The van der Waals surface area contributed by atoms with Crippen LogP contribution in [0.5, 0.6) is 23.0 Å². The highest BCUT2D eigenvalue weighted by atomic mass is 16.7. The second-order valence-electron chi connectivity index (χ2n) is 7.33. The maximum Gasteiger partial charge on any atom is 0.231 e. The van der Waals surface area contributed by atoms with Gasteiger partial charge in [-0.1, -0.05) is 12.1 Å². The molecule has 0 N–H and O–H groups in total. The van der Waals surface area contributed by atoms with E-state index < -0.39 is 0 Å². The van der Waals surface area contributed by atoms with Crippen molar-refractivity contribution < 1.29 is 18.9 Å². The average Bonchev–Trinajstić information content (AvgIpc) is 3.47. The molecule has 0 atom stereocenters. The maximum atomic E-state index is 13.5. The topological polar surface area (TPSA) is 58.9 Å². The van der Waals surface area contributed by atoms with Crippen LogP contribution in [0, 0.1) is 0 Å². The molecule has 0 saturated carbocycles. The molecular weight excluding hydrogens is 382 g/mol. The first-order valence-corrected chi connectivity index (χ1v) is 9.61. The van der Waals surface area contributed by atoms with Gasteiger partial charge in [0, 0.05) is 17.5 Å². The molecule has 2 aliphatic rings. The Morgan fingerprint density at radius 1 is 0.700 bits per heavy atom. The van der Waals surface area contributed by atoms with E-state index in [1.165, 1.54) is 0 Å². The van der Waals surface area contributed by atoms with E-state index in [4.69, 9.17) is 18.9 Å². The molecule has 4 aromatic rings. The van der Waals surface area contributed by atoms with E-state index in [1.807, 2.05) is 72.3 Å². The minimum absolute atomic E-state index is 0.0153. The number of hydrogen-bond acceptors (Lipinski definition) is 5. The normalized spacial score (nSPS) is 15.5. The Labute approximate surface area is 171 Å². The van der Waals surface area contributed by atoms with Crippen molar-refractivity contribution in [3.8, 4) is 23.0 Å². The molecule has 0 saturated heterocycles. The highest BCUT2D eigenvalue weighted by Crippen LogP contribution is 2.33. The smallest absolute Gasteiger partial charge is 0.231 e. The molecule has 6 nitrogen and oxygen atoms in total. The molecule has 30 heavy (non-hydrogen) atoms. The molecule has 2 bridgehead atoms. The van der Waals surface area contributed by atoms with E-state index in [1.54, 1.807) is 0 Å². The van der Waals surface area contributed by atoms with E-state index in [0.29, 0.717) is 21.9 Å². The van der Waals surface area contributed by atoms with Gasteiger partial charge in [0.1, 0.15) is 0 Å². The van der Waals surface area contributed by atoms with Crippen LogP contribution in [0.15, 0.2) is 53.3 Å². The molecule has 6 rings (SSSR count). The fraction of sp³-hybridized carbons (Fsp3) is 0.125. The van der Waals surface area contributed by atoms with Gasteiger partial charge in [0.15, 0.2) is 28.4 Å². The monoisotopic (exact) mass is 399 g/mol. The van der Waals surface area contributed by atoms with Gasteiger partial charge in [0.25, 0.3) is 0 Å². The molecule has 0 unspecified atom stereocenters. The molecule has 0 fully saturated rings. The maximum absolute atomic E-state index is 13.5. The van der Waals surface area contributed by atoms with Crippen molar-refractivity contribution in [3.05, 3.63) is 80.3 Å². The fourth-order valence-corrected chi connectivity index (χ4v) is 4.05. The third kappa shape index (κ3) is 2.54. The lowest BCUT2D eigenvalue weighted by atomic mass is 10.1. The number of rotatable bonds is 2. The zero-order valence-electron chi connectivity index (χ0n) is 16.2. The minimum Gasteiger partial charge on any atom is -0.454 e. The Hall–Kier alpha value is -3.93. The minimum atomic E-state index is -0.0153. The molecule has 2 aromatic carbocycles. The highest BCUT2D eigenvalue weighted by molar-refractivity contribution is 5.72. The molecule has 2 aromatic heterocycles. The van der Waals surface area contributed by atoms with E-state index in [-0.39, 0.29) is 19.0 Å². The first-order valence-electron chi connectivity index (χ1n) is 9.61. The summed E-state index contributed by atoms with van der Waals surface area (Å²) >= 11 is 0. The largest absolute Gasteiger partial charge is 0.454 e. The molecule has 148 valence electrons. The van der Waals surface area contributed by atoms with E-state index in [0.717, 1.165) is 33.7 Å². The molecule has 4 heterocycles. The van der Waals surface area contributed by atoms with E-state index >= 15 is 0 Å². The van der Waals surface area contributed by atoms with Crippen molar-refractivity contribution in [2.45, 2.75) is 0 Å². The van der Waals surface area contributed by atoms with Gasteiger partial charge in [0.05, 0.1) is 11.0 Å². The summed E-state index contributed by atoms with van der Waals surface area (Å²) < 4.78 is 23.7. The lowest BCUT2D eigenvalue weighted by Crippen LogP contribution is -2.40. The summed E-state index contributed by atoms with van der Waals surface area (Å²) in [7, 11) is 1.97. The van der Waals surface area contributed by atoms with Gasteiger partial charge >= 0.3 is 0 Å². The van der Waals surface area contributed by atoms with Crippen LogP contribution in [-0.2, 0) is 7.05 Å². The Kier molecular flexibility index (Phi) is 3.56. The van der Waals surface area contributed by atoms with Crippen molar-refractivity contribution in [2.75, 3.05) is 13.6 Å². The molecule has 0 radical (unpaired) electrons. The Morgan fingerprint density at radius 2 is 1.17 bits per heavy atom. The first kappa shape index (κ1) is 17.0. The number of fused-ring (bicyclic) bond motifs is 4. The Bertz CT molecular complexity index is 1380. The second kappa shape index (κ2) is 6.29. The number of benzene rings is 2. The van der Waals surface area contributed by atoms with Crippen LogP contribution in [-0.4, -0.2) is 18.2 Å². The number of aromatic nitrogens is 1. The zero-order chi connectivity index (χ0) is 20.2. The first-order chi connectivity index (χ1) is 14.7. The van der Waals surface area contributed by atoms with Crippen LogP contribution in [0.25, 0.3) is 23.2 Å². The van der Waals surface area contributed by atoms with Crippen LogP contribution in [0.1, 0.15) is 11.1 Å². The average molecular weight is 399 g/mol. The summed E-state index contributed by atoms with van der Waals surface area (Å²) in [5.74, 6) is 2.82. The molecule has 2 aliphatic heterocycles. The summed E-state index contributed by atoms with van der Waals surface area (Å²) in [4.78, 5) is 13.5. The number of ether oxygens (including phenoxy) is 4. The van der Waals surface area contributed by atoms with Crippen LogP contribution < -0.4 is 34.8 Å². The molecule has 0 spiro atoms. The third-order valence-corrected chi connectivity index (χ3v) is 5.58. The number of hydrogen-bond donors (Lipinski definition) is 0. The molecule has 0 amide bonds. The summed E-state index contributed by atoms with van der Waals surface area (Å²) in [6.07, 6.45) is 3.80. The molecular formula is C24H17NO5. The van der Waals surface area contributed by atoms with Gasteiger partial charge in [-0.15, -0.1) is 0 Å². The number of pyridine rings is 1. The standard InChI is InChI=1S/C24H17NO5/c1-25-18-4-5-19(25)17(9-15-3-7-21-23(11-15)30-13-28-21)24(26)16(18)8-14-2-6-20-22(10-14)29-12-27-20/h2-11H,12-13H2,1H3/b16-8-,17-9-. The predicted molar refractivity (Wildman–Crippen MR) is 112 cm³/mol. The van der Waals surface area contributed by atoms with Crippen molar-refractivity contribution in [2.24, 2.45) is 7.05 Å². The Morgan fingerprint density at radius 3 is 1.67 bits per heavy atom. The van der Waals surface area contributed by atoms with Crippen LogP contribution in [0.3, 0.4) is 0 Å². The van der Waals surface area contributed by atoms with Crippen LogP contribution in [0.4, 0.5) is 0 Å². The summed E-state index contributed by atoms with van der Waals surface area (Å²) in [5.41, 5.74) is 3.52. The highest BCUT2D eigenvalue weighted by Gasteiger charge is 2.15. The van der Waals surface area contributed by atoms with Crippen LogP contribution in [0.2, 0.25) is 0 Å². The van der Waals surface area contributed by atoms with Crippen molar-refractivity contribution in [1.82, 2.24) is 4.57 Å². The zero-order valence-corrected chi connectivity index (χ0v) is 16.2. The number of aryl methyl sites for hydroxylation is 1. The van der Waals surface area contributed by atoms with E-state index in [2.05, 4.69) is 0 Å². The van der Waals surface area contributed by atoms with Gasteiger partial charge < -0.3 is 23.5 Å². The predicted octanol–water partition coefficient (Wildman–Crippen LogP) is 2.09.